The molecule has 3 rings (SSSR count). The number of fused-ring (bicyclic) bond motifs is 1. The van der Waals surface area contributed by atoms with Crippen LogP contribution in [0.15, 0.2) is 48.5 Å². The molecule has 2 aromatic carbocycles. The van der Waals surface area contributed by atoms with Crippen LogP contribution in [0.1, 0.15) is 16.7 Å². The molecule has 2 heteroatoms. The predicted molar refractivity (Wildman–Crippen MR) is 88.2 cm³/mol. The molecule has 0 spiro atoms. The Kier molecular flexibility index (Phi) is 3.63. The molecule has 0 radical (unpaired) electrons. The van der Waals surface area contributed by atoms with Gasteiger partial charge >= 0.3 is 0 Å². The van der Waals surface area contributed by atoms with E-state index in [1.807, 2.05) is 0 Å². The molecule has 0 aromatic heterocycles. The monoisotopic (exact) mass is 363 g/mol. The first-order chi connectivity index (χ1) is 9.21. The molecule has 1 nitrogen and oxygen atoms in total. The number of nitrogens with two attached hydrogens (primary N) is 1. The van der Waals surface area contributed by atoms with Crippen molar-refractivity contribution in [2.24, 2.45) is 11.1 Å². The van der Waals surface area contributed by atoms with Crippen LogP contribution in [0.2, 0.25) is 0 Å². The fourth-order valence-electron chi connectivity index (χ4n) is 3.15. The average molecular weight is 363 g/mol. The van der Waals surface area contributed by atoms with E-state index in [1.165, 1.54) is 20.3 Å². The molecule has 2 aromatic rings. The Morgan fingerprint density at radius 1 is 0.947 bits per heavy atom. The Bertz CT molecular complexity index is 549. The quantitative estimate of drug-likeness (QED) is 0.829. The van der Waals surface area contributed by atoms with Crippen LogP contribution in [-0.2, 0) is 19.3 Å². The molecule has 1 aliphatic carbocycles. The van der Waals surface area contributed by atoms with Gasteiger partial charge in [0.2, 0.25) is 0 Å². The Morgan fingerprint density at radius 3 is 2.05 bits per heavy atom. The highest BCUT2D eigenvalue weighted by atomic mass is 127. The maximum Gasteiger partial charge on any atom is 0.0130 e. The molecule has 0 heterocycles. The summed E-state index contributed by atoms with van der Waals surface area (Å²) in [6.45, 7) is 0.758. The summed E-state index contributed by atoms with van der Waals surface area (Å²) in [5.41, 5.74) is 10.7. The lowest BCUT2D eigenvalue weighted by atomic mass is 9.79. The fourth-order valence-corrected chi connectivity index (χ4v) is 3.51. The minimum atomic E-state index is 0.219. The predicted octanol–water partition coefficient (Wildman–Crippen LogP) is 3.58. The third-order valence-electron chi connectivity index (χ3n) is 4.17. The summed E-state index contributed by atoms with van der Waals surface area (Å²) in [6, 6.07) is 17.6. The zero-order chi connectivity index (χ0) is 13.3. The summed E-state index contributed by atoms with van der Waals surface area (Å²) in [5, 5.41) is 0. The van der Waals surface area contributed by atoms with Gasteiger partial charge in [0.15, 0.2) is 0 Å². The minimum Gasteiger partial charge on any atom is -0.330 e. The van der Waals surface area contributed by atoms with Crippen molar-refractivity contribution in [3.63, 3.8) is 0 Å². The van der Waals surface area contributed by atoms with Gasteiger partial charge in [0.1, 0.15) is 0 Å². The van der Waals surface area contributed by atoms with Crippen LogP contribution in [0.5, 0.6) is 0 Å². The molecule has 0 atom stereocenters. The topological polar surface area (TPSA) is 26.0 Å². The van der Waals surface area contributed by atoms with Crippen molar-refractivity contribution in [2.45, 2.75) is 19.3 Å². The fraction of sp³-hybridized carbons (Fsp3) is 0.294. The highest BCUT2D eigenvalue weighted by Gasteiger charge is 2.35. The van der Waals surface area contributed by atoms with Crippen LogP contribution >= 0.6 is 22.6 Å². The van der Waals surface area contributed by atoms with E-state index in [1.54, 1.807) is 0 Å². The molecule has 0 amide bonds. The zero-order valence-corrected chi connectivity index (χ0v) is 13.1. The second-order valence-electron chi connectivity index (χ2n) is 5.63. The van der Waals surface area contributed by atoms with Crippen molar-refractivity contribution in [2.75, 3.05) is 6.54 Å². The van der Waals surface area contributed by atoms with E-state index in [2.05, 4.69) is 71.1 Å². The van der Waals surface area contributed by atoms with E-state index in [0.29, 0.717) is 0 Å². The third-order valence-corrected chi connectivity index (χ3v) is 4.89. The van der Waals surface area contributed by atoms with Crippen LogP contribution in [-0.4, -0.2) is 6.54 Å². The van der Waals surface area contributed by atoms with Gasteiger partial charge in [-0.3, -0.25) is 0 Å². The van der Waals surface area contributed by atoms with Gasteiger partial charge in [-0.2, -0.15) is 0 Å². The Hall–Kier alpha value is -0.870. The van der Waals surface area contributed by atoms with Gasteiger partial charge in [-0.15, -0.1) is 0 Å². The number of rotatable bonds is 3. The van der Waals surface area contributed by atoms with Gasteiger partial charge < -0.3 is 5.73 Å². The first kappa shape index (κ1) is 13.1. The lowest BCUT2D eigenvalue weighted by Gasteiger charge is -2.27. The highest BCUT2D eigenvalue weighted by molar-refractivity contribution is 14.1. The zero-order valence-electron chi connectivity index (χ0n) is 10.9. The van der Waals surface area contributed by atoms with Gasteiger partial charge in [0, 0.05) is 3.57 Å². The van der Waals surface area contributed by atoms with Gasteiger partial charge in [-0.1, -0.05) is 36.4 Å². The number of benzene rings is 2. The molecule has 0 fully saturated rings. The smallest absolute Gasteiger partial charge is 0.0130 e. The van der Waals surface area contributed by atoms with E-state index < -0.39 is 0 Å². The van der Waals surface area contributed by atoms with Crippen molar-refractivity contribution in [3.8, 4) is 0 Å². The largest absolute Gasteiger partial charge is 0.330 e. The highest BCUT2D eigenvalue weighted by Crippen LogP contribution is 2.38. The van der Waals surface area contributed by atoms with Gasteiger partial charge in [-0.05, 0) is 82.6 Å². The van der Waals surface area contributed by atoms with E-state index in [0.717, 1.165) is 25.8 Å². The number of halogens is 1. The molecule has 1 aliphatic rings. The minimum absolute atomic E-state index is 0.219. The van der Waals surface area contributed by atoms with Crippen molar-refractivity contribution in [1.82, 2.24) is 0 Å². The van der Waals surface area contributed by atoms with Gasteiger partial charge in [0.05, 0.1) is 0 Å². The second kappa shape index (κ2) is 5.25. The summed E-state index contributed by atoms with van der Waals surface area (Å²) >= 11 is 2.35. The average Bonchev–Trinajstić information content (AvgIpc) is 2.80. The lowest BCUT2D eigenvalue weighted by molar-refractivity contribution is 0.315. The first-order valence-corrected chi connectivity index (χ1v) is 7.80. The molecular weight excluding hydrogens is 345 g/mol. The SMILES string of the molecule is NCC1(Cc2ccc(I)cc2)Cc2ccccc2C1. The van der Waals surface area contributed by atoms with E-state index in [9.17, 15) is 0 Å². The van der Waals surface area contributed by atoms with E-state index in [-0.39, 0.29) is 5.41 Å². The molecular formula is C17H18IN. The van der Waals surface area contributed by atoms with Crippen LogP contribution in [0.25, 0.3) is 0 Å². The van der Waals surface area contributed by atoms with Crippen LogP contribution < -0.4 is 5.73 Å². The van der Waals surface area contributed by atoms with Crippen LogP contribution in [0, 0.1) is 8.99 Å². The molecule has 0 saturated heterocycles. The third kappa shape index (κ3) is 2.70. The summed E-state index contributed by atoms with van der Waals surface area (Å²) in [6.07, 6.45) is 3.31. The van der Waals surface area contributed by atoms with Crippen LogP contribution in [0.3, 0.4) is 0 Å². The summed E-state index contributed by atoms with van der Waals surface area (Å²) in [4.78, 5) is 0. The van der Waals surface area contributed by atoms with Crippen molar-refractivity contribution >= 4 is 22.6 Å². The molecule has 0 aliphatic heterocycles. The molecule has 0 bridgehead atoms. The summed E-state index contributed by atoms with van der Waals surface area (Å²) in [5.74, 6) is 0. The molecule has 98 valence electrons. The maximum atomic E-state index is 6.12. The number of hydrogen-bond donors (Lipinski definition) is 1. The van der Waals surface area contributed by atoms with E-state index in [4.69, 9.17) is 5.73 Å². The Morgan fingerprint density at radius 2 is 1.53 bits per heavy atom. The molecule has 0 unspecified atom stereocenters. The van der Waals surface area contributed by atoms with Crippen LogP contribution in [0.4, 0.5) is 0 Å². The Labute approximate surface area is 128 Å². The maximum absolute atomic E-state index is 6.12. The van der Waals surface area contributed by atoms with Crippen molar-refractivity contribution in [3.05, 3.63) is 68.8 Å². The second-order valence-corrected chi connectivity index (χ2v) is 6.88. The number of hydrogen-bond acceptors (Lipinski definition) is 1. The summed E-state index contributed by atoms with van der Waals surface area (Å²) < 4.78 is 1.29. The standard InChI is InChI=1S/C17H18IN/c18-16-7-5-13(6-8-16)9-17(12-19)10-14-3-1-2-4-15(14)11-17/h1-8H,9-12,19H2. The van der Waals surface area contributed by atoms with Crippen molar-refractivity contribution in [1.29, 1.82) is 0 Å². The first-order valence-electron chi connectivity index (χ1n) is 6.72. The Balaban J connectivity index is 1.84. The van der Waals surface area contributed by atoms with Gasteiger partial charge in [0.25, 0.3) is 0 Å². The normalized spacial score (nSPS) is 16.3. The van der Waals surface area contributed by atoms with Gasteiger partial charge in [-0.25, -0.2) is 0 Å². The van der Waals surface area contributed by atoms with Crippen molar-refractivity contribution < 1.29 is 0 Å². The van der Waals surface area contributed by atoms with E-state index >= 15 is 0 Å². The lowest BCUT2D eigenvalue weighted by Crippen LogP contribution is -2.33. The molecule has 0 saturated carbocycles. The molecule has 2 N–H and O–H groups in total. The summed E-state index contributed by atoms with van der Waals surface area (Å²) in [7, 11) is 0. The molecule has 19 heavy (non-hydrogen) atoms.